The number of aromatic nitrogens is 1. The largest absolute Gasteiger partial charge is 0.461 e. The van der Waals surface area contributed by atoms with Gasteiger partial charge in [-0.2, -0.15) is 4.57 Å². The van der Waals surface area contributed by atoms with E-state index in [4.69, 9.17) is 10.5 Å². The standard InChI is InChI=1S/C17H18N4O4/c1-2-25-15(22)12-20-10-6-7-13(11-20)16(23)19-21(17(18)24)14-8-4-3-5-9-14/h3-11H,2,12H2,1H3,(H2-,18,19,23,24)/p+1. The molecule has 0 radical (unpaired) electrons. The third kappa shape index (κ3) is 5.03. The number of benzene rings is 1. The lowest BCUT2D eigenvalue weighted by molar-refractivity contribution is -0.686. The number of ether oxygens (including phenoxy) is 1. The summed E-state index contributed by atoms with van der Waals surface area (Å²) >= 11 is 0. The molecule has 1 aromatic carbocycles. The molecule has 8 nitrogen and oxygen atoms in total. The van der Waals surface area contributed by atoms with E-state index in [-0.39, 0.29) is 18.7 Å². The van der Waals surface area contributed by atoms with Crippen molar-refractivity contribution in [3.05, 3.63) is 60.4 Å². The molecule has 0 unspecified atom stereocenters. The Balaban J connectivity index is 2.14. The van der Waals surface area contributed by atoms with Gasteiger partial charge in [-0.05, 0) is 25.1 Å². The molecule has 0 spiro atoms. The summed E-state index contributed by atoms with van der Waals surface area (Å²) in [5.74, 6) is -0.950. The lowest BCUT2D eigenvalue weighted by Gasteiger charge is -2.20. The molecule has 3 N–H and O–H groups in total. The normalized spacial score (nSPS) is 9.96. The summed E-state index contributed by atoms with van der Waals surface area (Å²) < 4.78 is 6.39. The smallest absolute Gasteiger partial charge is 0.372 e. The quantitative estimate of drug-likeness (QED) is 0.475. The second kappa shape index (κ2) is 8.44. The number of nitrogens with two attached hydrogens (primary N) is 1. The number of carbonyl (C=O) groups excluding carboxylic acids is 3. The Morgan fingerprint density at radius 1 is 1.16 bits per heavy atom. The molecule has 2 rings (SSSR count). The van der Waals surface area contributed by atoms with Crippen LogP contribution >= 0.6 is 0 Å². The fourth-order valence-electron chi connectivity index (χ4n) is 2.10. The predicted molar refractivity (Wildman–Crippen MR) is 89.2 cm³/mol. The maximum Gasteiger partial charge on any atom is 0.372 e. The van der Waals surface area contributed by atoms with Crippen LogP contribution in [0, 0.1) is 0 Å². The summed E-state index contributed by atoms with van der Waals surface area (Å²) in [5, 5.41) is 0.949. The summed E-state index contributed by atoms with van der Waals surface area (Å²) in [5.41, 5.74) is 8.46. The van der Waals surface area contributed by atoms with E-state index in [0.29, 0.717) is 5.69 Å². The number of rotatable bonds is 5. The zero-order valence-electron chi connectivity index (χ0n) is 13.7. The number of hydrazine groups is 1. The van der Waals surface area contributed by atoms with Crippen molar-refractivity contribution in [2.24, 2.45) is 5.73 Å². The maximum atomic E-state index is 12.4. The van der Waals surface area contributed by atoms with E-state index >= 15 is 0 Å². The van der Waals surface area contributed by atoms with Crippen LogP contribution in [0.2, 0.25) is 0 Å². The summed E-state index contributed by atoms with van der Waals surface area (Å²) in [6.45, 7) is 1.98. The van der Waals surface area contributed by atoms with Crippen LogP contribution in [0.5, 0.6) is 0 Å². The minimum Gasteiger partial charge on any atom is -0.461 e. The minimum atomic E-state index is -0.824. The van der Waals surface area contributed by atoms with E-state index in [2.05, 4.69) is 5.43 Å². The molecule has 0 atom stereocenters. The second-order valence-corrected chi connectivity index (χ2v) is 5.02. The summed E-state index contributed by atoms with van der Waals surface area (Å²) in [6, 6.07) is 10.8. The van der Waals surface area contributed by atoms with Gasteiger partial charge in [-0.15, -0.1) is 0 Å². The van der Waals surface area contributed by atoms with Gasteiger partial charge in [0, 0.05) is 6.07 Å². The zero-order valence-corrected chi connectivity index (χ0v) is 13.7. The van der Waals surface area contributed by atoms with E-state index in [0.717, 1.165) is 5.01 Å². The number of esters is 1. The van der Waals surface area contributed by atoms with Crippen LogP contribution in [-0.4, -0.2) is 24.5 Å². The molecule has 0 aliphatic rings. The van der Waals surface area contributed by atoms with Gasteiger partial charge in [0.1, 0.15) is 5.56 Å². The number of nitrogens with one attached hydrogen (secondary N) is 1. The highest BCUT2D eigenvalue weighted by atomic mass is 16.5. The molecule has 25 heavy (non-hydrogen) atoms. The number of pyridine rings is 1. The Kier molecular flexibility index (Phi) is 6.05. The average molecular weight is 343 g/mol. The van der Waals surface area contributed by atoms with Crippen LogP contribution in [-0.2, 0) is 16.1 Å². The van der Waals surface area contributed by atoms with Gasteiger partial charge in [0.25, 0.3) is 5.91 Å². The second-order valence-electron chi connectivity index (χ2n) is 5.02. The lowest BCUT2D eigenvalue weighted by atomic mass is 10.2. The van der Waals surface area contributed by atoms with Gasteiger partial charge in [0.05, 0.1) is 12.3 Å². The number of primary amides is 1. The van der Waals surface area contributed by atoms with E-state index in [9.17, 15) is 14.4 Å². The van der Waals surface area contributed by atoms with Crippen molar-refractivity contribution in [1.29, 1.82) is 0 Å². The Bertz CT molecular complexity index is 764. The first-order valence-corrected chi connectivity index (χ1v) is 7.61. The van der Waals surface area contributed by atoms with Gasteiger partial charge < -0.3 is 10.5 Å². The zero-order chi connectivity index (χ0) is 18.2. The Morgan fingerprint density at radius 3 is 2.52 bits per heavy atom. The number of anilines is 1. The molecule has 130 valence electrons. The van der Waals surface area contributed by atoms with Gasteiger partial charge in [-0.3, -0.25) is 10.2 Å². The molecule has 0 aliphatic heterocycles. The van der Waals surface area contributed by atoms with Gasteiger partial charge >= 0.3 is 12.0 Å². The first kappa shape index (κ1) is 17.9. The average Bonchev–Trinajstić information content (AvgIpc) is 2.60. The van der Waals surface area contributed by atoms with Crippen molar-refractivity contribution in [3.63, 3.8) is 0 Å². The van der Waals surface area contributed by atoms with Crippen molar-refractivity contribution in [1.82, 2.24) is 5.43 Å². The number of carbonyl (C=O) groups is 3. The SMILES string of the molecule is CCOC(=O)C[n+]1cccc(C(=O)NN(C(N)=O)c2ccccc2)c1. The fourth-order valence-corrected chi connectivity index (χ4v) is 2.10. The predicted octanol–water partition coefficient (Wildman–Crippen LogP) is 0.767. The van der Waals surface area contributed by atoms with E-state index in [1.54, 1.807) is 55.6 Å². The third-order valence-corrected chi connectivity index (χ3v) is 3.19. The maximum absolute atomic E-state index is 12.4. The summed E-state index contributed by atoms with van der Waals surface area (Å²) in [4.78, 5) is 35.6. The first-order chi connectivity index (χ1) is 12.0. The van der Waals surface area contributed by atoms with Crippen LogP contribution in [0.3, 0.4) is 0 Å². The molecule has 0 saturated carbocycles. The molecule has 0 saturated heterocycles. The highest BCUT2D eigenvalue weighted by Crippen LogP contribution is 2.11. The lowest BCUT2D eigenvalue weighted by Crippen LogP contribution is -2.49. The molecule has 1 heterocycles. The molecule has 0 aliphatic carbocycles. The van der Waals surface area contributed by atoms with E-state index in [1.165, 1.54) is 10.8 Å². The van der Waals surface area contributed by atoms with Gasteiger partial charge in [-0.25, -0.2) is 14.6 Å². The molecule has 0 bridgehead atoms. The Hall–Kier alpha value is -3.42. The highest BCUT2D eigenvalue weighted by molar-refractivity contribution is 6.00. The van der Waals surface area contributed by atoms with Crippen LogP contribution in [0.4, 0.5) is 10.5 Å². The molecular formula is C17H19N4O4+. The topological polar surface area (TPSA) is 106 Å². The minimum absolute atomic E-state index is 0.0207. The Morgan fingerprint density at radius 2 is 1.88 bits per heavy atom. The first-order valence-electron chi connectivity index (χ1n) is 7.61. The van der Waals surface area contributed by atoms with E-state index in [1.807, 2.05) is 0 Å². The van der Waals surface area contributed by atoms with Crippen molar-refractivity contribution in [2.45, 2.75) is 13.5 Å². The van der Waals surface area contributed by atoms with Crippen LogP contribution in [0.25, 0.3) is 0 Å². The molecular weight excluding hydrogens is 324 g/mol. The number of nitrogens with zero attached hydrogens (tertiary/aromatic N) is 2. The number of hydrogen-bond acceptors (Lipinski definition) is 4. The third-order valence-electron chi connectivity index (χ3n) is 3.19. The molecule has 1 aromatic heterocycles. The number of urea groups is 1. The van der Waals surface area contributed by atoms with Gasteiger partial charge in [0.15, 0.2) is 12.4 Å². The molecule has 8 heteroatoms. The van der Waals surface area contributed by atoms with Crippen LogP contribution in [0.1, 0.15) is 17.3 Å². The van der Waals surface area contributed by atoms with Crippen molar-refractivity contribution in [3.8, 4) is 0 Å². The summed E-state index contributed by atoms with van der Waals surface area (Å²) in [6.07, 6.45) is 3.12. The van der Waals surface area contributed by atoms with Crippen LogP contribution < -0.4 is 20.7 Å². The monoisotopic (exact) mass is 343 g/mol. The van der Waals surface area contributed by atoms with E-state index < -0.39 is 17.9 Å². The number of para-hydroxylation sites is 1. The molecule has 0 fully saturated rings. The van der Waals surface area contributed by atoms with Crippen molar-refractivity contribution < 1.29 is 23.7 Å². The fraction of sp³-hybridized carbons (Fsp3) is 0.176. The molecule has 2 aromatic rings. The van der Waals surface area contributed by atoms with Crippen molar-refractivity contribution in [2.75, 3.05) is 11.6 Å². The summed E-state index contributed by atoms with van der Waals surface area (Å²) in [7, 11) is 0. The highest BCUT2D eigenvalue weighted by Gasteiger charge is 2.19. The van der Waals surface area contributed by atoms with Crippen molar-refractivity contribution >= 4 is 23.6 Å². The molecule has 3 amide bonds. The van der Waals surface area contributed by atoms with Gasteiger partial charge in [0.2, 0.25) is 6.54 Å². The van der Waals surface area contributed by atoms with Crippen LogP contribution in [0.15, 0.2) is 54.9 Å². The number of amides is 3. The number of hydrogen-bond donors (Lipinski definition) is 2. The van der Waals surface area contributed by atoms with Gasteiger partial charge in [-0.1, -0.05) is 18.2 Å². The Labute approximate surface area is 144 Å².